The van der Waals surface area contributed by atoms with E-state index < -0.39 is 4.92 Å². The second-order valence-corrected chi connectivity index (χ2v) is 5.91. The Hall–Kier alpha value is -2.53. The summed E-state index contributed by atoms with van der Waals surface area (Å²) in [6.45, 7) is 7.47. The zero-order valence-electron chi connectivity index (χ0n) is 14.1. The maximum Gasteiger partial charge on any atom is 0.340 e. The average Bonchev–Trinajstić information content (AvgIpc) is 3.23. The number of hydrogen-bond acceptors (Lipinski definition) is 7. The molecule has 2 saturated heterocycles. The number of H-pyrrole nitrogens is 1. The van der Waals surface area contributed by atoms with Crippen LogP contribution in [0.1, 0.15) is 12.7 Å². The number of nitrogens with zero attached hydrogens (tertiary/aromatic N) is 6. The summed E-state index contributed by atoms with van der Waals surface area (Å²) in [5.74, 6) is 0.0794. The molecule has 2 fully saturated rings. The SMILES string of the molecule is CC(=NN1CCN(CCN2CCOCC2)C1=O)c1ncc([N+](=O)[O-])[nH]1. The minimum Gasteiger partial charge on any atom is -0.379 e. The van der Waals surface area contributed by atoms with Gasteiger partial charge in [-0.3, -0.25) is 4.90 Å². The minimum atomic E-state index is -0.557. The number of aromatic nitrogens is 2. The van der Waals surface area contributed by atoms with Crippen molar-refractivity contribution < 1.29 is 14.5 Å². The normalized spacial score (nSPS) is 19.7. The molecule has 2 amide bonds. The number of hydrogen-bond donors (Lipinski definition) is 1. The van der Waals surface area contributed by atoms with E-state index in [2.05, 4.69) is 20.0 Å². The summed E-state index contributed by atoms with van der Waals surface area (Å²) in [7, 11) is 0. The van der Waals surface area contributed by atoms with Gasteiger partial charge in [0.1, 0.15) is 11.9 Å². The van der Waals surface area contributed by atoms with Crippen LogP contribution in [0, 0.1) is 10.1 Å². The number of urea groups is 1. The van der Waals surface area contributed by atoms with Gasteiger partial charge in [0.2, 0.25) is 5.82 Å². The predicted octanol–water partition coefficient (Wildman–Crippen LogP) is 0.112. The first-order valence-electron chi connectivity index (χ1n) is 8.16. The second kappa shape index (κ2) is 7.57. The van der Waals surface area contributed by atoms with E-state index in [1.54, 1.807) is 11.8 Å². The number of hydrazone groups is 1. The van der Waals surface area contributed by atoms with E-state index in [0.717, 1.165) is 39.0 Å². The molecular weight excluding hydrogens is 330 g/mol. The minimum absolute atomic E-state index is 0.159. The van der Waals surface area contributed by atoms with E-state index >= 15 is 0 Å². The molecule has 1 aromatic heterocycles. The van der Waals surface area contributed by atoms with Gasteiger partial charge in [-0.05, 0) is 11.8 Å². The fourth-order valence-corrected chi connectivity index (χ4v) is 2.77. The first-order valence-corrected chi connectivity index (χ1v) is 8.16. The Bertz CT molecular complexity index is 668. The van der Waals surface area contributed by atoms with Crippen molar-refractivity contribution in [3.8, 4) is 0 Å². The quantitative estimate of drug-likeness (QED) is 0.441. The standard InChI is InChI=1S/C14H21N7O4/c1-11(13-15-10-12(16-13)21(23)24)17-20-5-4-19(14(20)22)3-2-18-6-8-25-9-7-18/h10H,2-9H2,1H3,(H,15,16). The van der Waals surface area contributed by atoms with E-state index in [-0.39, 0.29) is 17.7 Å². The number of rotatable bonds is 6. The first-order chi connectivity index (χ1) is 12.0. The summed E-state index contributed by atoms with van der Waals surface area (Å²) in [5.41, 5.74) is 0.427. The molecule has 11 heteroatoms. The van der Waals surface area contributed by atoms with Crippen molar-refractivity contribution in [3.05, 3.63) is 22.1 Å². The van der Waals surface area contributed by atoms with Crippen molar-refractivity contribution in [3.63, 3.8) is 0 Å². The van der Waals surface area contributed by atoms with Crippen LogP contribution < -0.4 is 0 Å². The third kappa shape index (κ3) is 4.12. The third-order valence-electron chi connectivity index (χ3n) is 4.24. The van der Waals surface area contributed by atoms with Gasteiger partial charge < -0.3 is 19.8 Å². The van der Waals surface area contributed by atoms with Crippen molar-refractivity contribution in [2.75, 3.05) is 52.5 Å². The number of aromatic amines is 1. The van der Waals surface area contributed by atoms with Gasteiger partial charge in [0.25, 0.3) is 0 Å². The lowest BCUT2D eigenvalue weighted by Crippen LogP contribution is -2.42. The molecule has 3 rings (SSSR count). The number of imidazole rings is 1. The van der Waals surface area contributed by atoms with E-state index in [1.165, 1.54) is 5.01 Å². The monoisotopic (exact) mass is 351 g/mol. The van der Waals surface area contributed by atoms with Crippen molar-refractivity contribution >= 4 is 17.6 Å². The van der Waals surface area contributed by atoms with E-state index in [0.29, 0.717) is 25.3 Å². The number of carbonyl (C=O) groups excluding carboxylic acids is 1. The van der Waals surface area contributed by atoms with Crippen molar-refractivity contribution in [2.45, 2.75) is 6.92 Å². The lowest BCUT2D eigenvalue weighted by molar-refractivity contribution is -0.389. The summed E-state index contributed by atoms with van der Waals surface area (Å²) in [6, 6.07) is -0.159. The summed E-state index contributed by atoms with van der Waals surface area (Å²) < 4.78 is 5.31. The molecule has 0 saturated carbocycles. The smallest absolute Gasteiger partial charge is 0.340 e. The molecule has 0 unspecified atom stereocenters. The van der Waals surface area contributed by atoms with Crippen LogP contribution in [-0.4, -0.2) is 93.9 Å². The summed E-state index contributed by atoms with van der Waals surface area (Å²) in [6.07, 6.45) is 1.13. The van der Waals surface area contributed by atoms with E-state index in [4.69, 9.17) is 4.74 Å². The highest BCUT2D eigenvalue weighted by Gasteiger charge is 2.29. The van der Waals surface area contributed by atoms with Crippen LogP contribution >= 0.6 is 0 Å². The zero-order chi connectivity index (χ0) is 17.8. The molecule has 0 aliphatic carbocycles. The van der Waals surface area contributed by atoms with E-state index in [1.807, 2.05) is 0 Å². The van der Waals surface area contributed by atoms with Gasteiger partial charge in [-0.1, -0.05) is 0 Å². The number of carbonyl (C=O) groups is 1. The van der Waals surface area contributed by atoms with Crippen molar-refractivity contribution in [1.29, 1.82) is 0 Å². The number of nitro groups is 1. The molecule has 2 aliphatic rings. The van der Waals surface area contributed by atoms with Crippen LogP contribution in [0.25, 0.3) is 0 Å². The second-order valence-electron chi connectivity index (χ2n) is 5.91. The maximum absolute atomic E-state index is 12.4. The molecular formula is C14H21N7O4. The number of ether oxygens (including phenoxy) is 1. The molecule has 11 nitrogen and oxygen atoms in total. The Morgan fingerprint density at radius 2 is 2.12 bits per heavy atom. The molecule has 1 N–H and O–H groups in total. The van der Waals surface area contributed by atoms with Gasteiger partial charge in [0.05, 0.1) is 19.8 Å². The van der Waals surface area contributed by atoms with Gasteiger partial charge >= 0.3 is 11.8 Å². The molecule has 0 atom stereocenters. The molecule has 3 heterocycles. The van der Waals surface area contributed by atoms with Crippen LogP contribution in [0.5, 0.6) is 0 Å². The predicted molar refractivity (Wildman–Crippen MR) is 88.4 cm³/mol. The molecule has 25 heavy (non-hydrogen) atoms. The molecule has 0 radical (unpaired) electrons. The molecule has 0 spiro atoms. The lowest BCUT2D eigenvalue weighted by Gasteiger charge is -2.28. The summed E-state index contributed by atoms with van der Waals surface area (Å²) >= 11 is 0. The van der Waals surface area contributed by atoms with Gasteiger partial charge in [-0.25, -0.2) is 19.8 Å². The van der Waals surface area contributed by atoms with Gasteiger partial charge in [-0.2, -0.15) is 5.10 Å². The van der Waals surface area contributed by atoms with Crippen LogP contribution in [0.3, 0.4) is 0 Å². The Kier molecular flexibility index (Phi) is 5.24. The fourth-order valence-electron chi connectivity index (χ4n) is 2.77. The van der Waals surface area contributed by atoms with Crippen LogP contribution in [0.15, 0.2) is 11.3 Å². The molecule has 0 bridgehead atoms. The highest BCUT2D eigenvalue weighted by atomic mass is 16.6. The Morgan fingerprint density at radius 1 is 1.36 bits per heavy atom. The van der Waals surface area contributed by atoms with Crippen LogP contribution in [0.4, 0.5) is 10.6 Å². The van der Waals surface area contributed by atoms with Crippen molar-refractivity contribution in [1.82, 2.24) is 24.8 Å². The lowest BCUT2D eigenvalue weighted by atomic mass is 10.4. The summed E-state index contributed by atoms with van der Waals surface area (Å²) in [4.78, 5) is 33.1. The number of nitrogens with one attached hydrogen (secondary N) is 1. The van der Waals surface area contributed by atoms with Crippen molar-refractivity contribution in [2.24, 2.45) is 5.10 Å². The number of amides is 2. The maximum atomic E-state index is 12.4. The van der Waals surface area contributed by atoms with Gasteiger partial charge in [0.15, 0.2) is 0 Å². The number of morpholine rings is 1. The highest BCUT2D eigenvalue weighted by Crippen LogP contribution is 2.12. The zero-order valence-corrected chi connectivity index (χ0v) is 14.1. The van der Waals surface area contributed by atoms with E-state index in [9.17, 15) is 14.9 Å². The average molecular weight is 351 g/mol. The highest BCUT2D eigenvalue weighted by molar-refractivity contribution is 5.96. The van der Waals surface area contributed by atoms with Crippen LogP contribution in [-0.2, 0) is 4.74 Å². The summed E-state index contributed by atoms with van der Waals surface area (Å²) in [5, 5.41) is 16.3. The first kappa shape index (κ1) is 17.3. The Balaban J connectivity index is 1.56. The fraction of sp³-hybridized carbons (Fsp3) is 0.643. The molecule has 136 valence electrons. The van der Waals surface area contributed by atoms with Gasteiger partial charge in [0, 0.05) is 32.7 Å². The Labute approximate surface area is 144 Å². The van der Waals surface area contributed by atoms with Crippen LogP contribution in [0.2, 0.25) is 0 Å². The molecule has 2 aliphatic heterocycles. The Morgan fingerprint density at radius 3 is 2.80 bits per heavy atom. The van der Waals surface area contributed by atoms with Gasteiger partial charge in [-0.15, -0.1) is 0 Å². The largest absolute Gasteiger partial charge is 0.379 e. The molecule has 0 aromatic carbocycles. The topological polar surface area (TPSA) is 120 Å². The third-order valence-corrected chi connectivity index (χ3v) is 4.24. The molecule has 1 aromatic rings.